The second-order valence-corrected chi connectivity index (χ2v) is 7.31. The lowest BCUT2D eigenvalue weighted by Crippen LogP contribution is -2.36. The summed E-state index contributed by atoms with van der Waals surface area (Å²) < 4.78 is 5.21. The molecule has 0 fully saturated rings. The number of para-hydroxylation sites is 1. The molecule has 1 amide bonds. The van der Waals surface area contributed by atoms with Crippen LogP contribution in [0, 0.1) is 0 Å². The molecular weight excluding hydrogens is 370 g/mol. The van der Waals surface area contributed by atoms with Crippen LogP contribution in [0.5, 0.6) is 0 Å². The first-order chi connectivity index (χ1) is 14.0. The first-order valence-corrected chi connectivity index (χ1v) is 10.2. The van der Waals surface area contributed by atoms with Crippen LogP contribution in [0.2, 0.25) is 0 Å². The molecule has 0 saturated carbocycles. The van der Waals surface area contributed by atoms with E-state index in [-0.39, 0.29) is 24.3 Å². The number of H-pyrrole nitrogens is 1. The zero-order valence-corrected chi connectivity index (χ0v) is 16.7. The number of amides is 1. The molecule has 0 bridgehead atoms. The zero-order chi connectivity index (χ0) is 20.6. The molecule has 3 rings (SSSR count). The van der Waals surface area contributed by atoms with Crippen molar-refractivity contribution in [3.8, 4) is 0 Å². The van der Waals surface area contributed by atoms with Gasteiger partial charge in [-0.05, 0) is 51.2 Å². The van der Waals surface area contributed by atoms with Crippen molar-refractivity contribution in [3.05, 3.63) is 52.1 Å². The third-order valence-corrected chi connectivity index (χ3v) is 5.04. The maximum Gasteiger partial charge on any atom is 0.307 e. The summed E-state index contributed by atoms with van der Waals surface area (Å²) in [5.41, 5.74) is 1.73. The van der Waals surface area contributed by atoms with E-state index in [9.17, 15) is 14.4 Å². The summed E-state index contributed by atoms with van der Waals surface area (Å²) in [5.74, 6) is -0.381. The van der Waals surface area contributed by atoms with Crippen LogP contribution in [0.1, 0.15) is 51.3 Å². The predicted molar refractivity (Wildman–Crippen MR) is 110 cm³/mol. The summed E-state index contributed by atoms with van der Waals surface area (Å²) >= 11 is 0. The Hall–Kier alpha value is -2.96. The smallest absolute Gasteiger partial charge is 0.307 e. The van der Waals surface area contributed by atoms with E-state index < -0.39 is 12.1 Å². The largest absolute Gasteiger partial charge is 0.453 e. The van der Waals surface area contributed by atoms with E-state index in [4.69, 9.17) is 4.74 Å². The third-order valence-electron chi connectivity index (χ3n) is 5.04. The Balaban J connectivity index is 1.43. The normalized spacial score (nSPS) is 14.9. The highest BCUT2D eigenvalue weighted by atomic mass is 16.5. The molecule has 154 valence electrons. The van der Waals surface area contributed by atoms with Crippen molar-refractivity contribution in [2.24, 2.45) is 0 Å². The maximum absolute atomic E-state index is 12.1. The van der Waals surface area contributed by atoms with E-state index in [0.717, 1.165) is 19.3 Å². The molecule has 1 aromatic carbocycles. The van der Waals surface area contributed by atoms with Crippen LogP contribution < -0.4 is 10.9 Å². The molecule has 1 atom stereocenters. The molecule has 0 unspecified atom stereocenters. The van der Waals surface area contributed by atoms with E-state index >= 15 is 0 Å². The molecule has 7 nitrogen and oxygen atoms in total. The summed E-state index contributed by atoms with van der Waals surface area (Å²) in [6.07, 6.45) is 7.19. The van der Waals surface area contributed by atoms with E-state index in [0.29, 0.717) is 23.3 Å². The fraction of sp³-hybridized carbons (Fsp3) is 0.455. The topological polar surface area (TPSA) is 101 Å². The van der Waals surface area contributed by atoms with E-state index in [1.54, 1.807) is 31.2 Å². The minimum absolute atomic E-state index is 0.0335. The first kappa shape index (κ1) is 20.8. The van der Waals surface area contributed by atoms with Crippen molar-refractivity contribution in [1.82, 2.24) is 15.3 Å². The Kier molecular flexibility index (Phi) is 7.16. The van der Waals surface area contributed by atoms with Crippen LogP contribution in [0.25, 0.3) is 10.9 Å². The van der Waals surface area contributed by atoms with Gasteiger partial charge in [0.1, 0.15) is 5.82 Å². The summed E-state index contributed by atoms with van der Waals surface area (Å²) in [7, 11) is 0. The number of ether oxygens (including phenoxy) is 1. The van der Waals surface area contributed by atoms with E-state index in [2.05, 4.69) is 21.4 Å². The number of allylic oxidation sites excluding steroid dienone is 1. The number of aryl methyl sites for hydroxylation is 1. The minimum Gasteiger partial charge on any atom is -0.453 e. The number of hydrogen-bond donors (Lipinski definition) is 2. The van der Waals surface area contributed by atoms with Crippen molar-refractivity contribution >= 4 is 22.8 Å². The molecule has 7 heteroatoms. The quantitative estimate of drug-likeness (QED) is 0.527. The lowest BCUT2D eigenvalue weighted by atomic mass is 9.97. The molecule has 1 aliphatic rings. The number of fused-ring (bicyclic) bond motifs is 1. The molecule has 2 N–H and O–H groups in total. The number of carbonyl (C=O) groups is 2. The summed E-state index contributed by atoms with van der Waals surface area (Å²) in [4.78, 5) is 43.3. The number of rotatable bonds is 8. The molecule has 0 saturated heterocycles. The molecule has 1 aliphatic carbocycles. The fourth-order valence-electron chi connectivity index (χ4n) is 3.41. The molecule has 0 spiro atoms. The van der Waals surface area contributed by atoms with Gasteiger partial charge in [-0.25, -0.2) is 4.98 Å². The Morgan fingerprint density at radius 2 is 2.07 bits per heavy atom. The number of aromatic amines is 1. The Bertz CT molecular complexity index is 964. The number of carbonyl (C=O) groups excluding carboxylic acids is 2. The number of esters is 1. The van der Waals surface area contributed by atoms with Gasteiger partial charge in [0.15, 0.2) is 6.10 Å². The van der Waals surface area contributed by atoms with Gasteiger partial charge in [0.2, 0.25) is 0 Å². The predicted octanol–water partition coefficient (Wildman–Crippen LogP) is 2.79. The van der Waals surface area contributed by atoms with Crippen LogP contribution in [0.15, 0.2) is 40.7 Å². The maximum atomic E-state index is 12.1. The summed E-state index contributed by atoms with van der Waals surface area (Å²) in [6.45, 7) is 2.11. The van der Waals surface area contributed by atoms with Gasteiger partial charge in [-0.15, -0.1) is 0 Å². The Labute approximate surface area is 169 Å². The van der Waals surface area contributed by atoms with Crippen molar-refractivity contribution < 1.29 is 14.3 Å². The van der Waals surface area contributed by atoms with Gasteiger partial charge in [-0.2, -0.15) is 0 Å². The molecule has 2 aromatic rings. The highest BCUT2D eigenvalue weighted by molar-refractivity contribution is 5.83. The van der Waals surface area contributed by atoms with Crippen LogP contribution in [-0.2, 0) is 20.7 Å². The summed E-state index contributed by atoms with van der Waals surface area (Å²) in [6, 6.07) is 7.03. The molecule has 0 radical (unpaired) electrons. The first-order valence-electron chi connectivity index (χ1n) is 10.2. The number of nitrogens with one attached hydrogen (secondary N) is 2. The van der Waals surface area contributed by atoms with Crippen LogP contribution in [0.4, 0.5) is 0 Å². The standard InChI is InChI=1S/C22H27N3O4/c1-15(21(27)23-14-13-16-7-3-2-4-8-16)29-20(26)12-11-19-24-18-10-6-5-9-17(18)22(28)25-19/h5-7,9-10,15H,2-4,8,11-14H2,1H3,(H,23,27)(H,24,25,28)/t15-/m0/s1. The van der Waals surface area contributed by atoms with Gasteiger partial charge >= 0.3 is 5.97 Å². The van der Waals surface area contributed by atoms with Gasteiger partial charge in [-0.1, -0.05) is 23.8 Å². The van der Waals surface area contributed by atoms with Crippen molar-refractivity contribution in [2.75, 3.05) is 6.54 Å². The highest BCUT2D eigenvalue weighted by Gasteiger charge is 2.18. The monoisotopic (exact) mass is 397 g/mol. The lowest BCUT2D eigenvalue weighted by molar-refractivity contribution is -0.154. The SMILES string of the molecule is C[C@H](OC(=O)CCc1nc2ccccc2c(=O)[nH]1)C(=O)NCCC1=CCCCC1. The number of nitrogens with zero attached hydrogens (tertiary/aromatic N) is 1. The van der Waals surface area contributed by atoms with Crippen molar-refractivity contribution in [2.45, 2.75) is 58.0 Å². The number of benzene rings is 1. The van der Waals surface area contributed by atoms with Crippen LogP contribution in [0.3, 0.4) is 0 Å². The molecule has 29 heavy (non-hydrogen) atoms. The van der Waals surface area contributed by atoms with Crippen molar-refractivity contribution in [1.29, 1.82) is 0 Å². The van der Waals surface area contributed by atoms with Crippen LogP contribution >= 0.6 is 0 Å². The highest BCUT2D eigenvalue weighted by Crippen LogP contribution is 2.19. The van der Waals surface area contributed by atoms with E-state index in [1.807, 2.05) is 0 Å². The number of hydrogen-bond acceptors (Lipinski definition) is 5. The molecule has 1 heterocycles. The van der Waals surface area contributed by atoms with Gasteiger partial charge < -0.3 is 15.0 Å². The molecule has 1 aromatic heterocycles. The van der Waals surface area contributed by atoms with Crippen LogP contribution in [-0.4, -0.2) is 34.5 Å². The van der Waals surface area contributed by atoms with E-state index in [1.165, 1.54) is 18.4 Å². The Morgan fingerprint density at radius 1 is 1.24 bits per heavy atom. The average molecular weight is 397 g/mol. The Morgan fingerprint density at radius 3 is 2.86 bits per heavy atom. The summed E-state index contributed by atoms with van der Waals surface area (Å²) in [5, 5.41) is 3.33. The van der Waals surface area contributed by atoms with Gasteiger partial charge in [0.05, 0.1) is 17.3 Å². The zero-order valence-electron chi connectivity index (χ0n) is 16.7. The van der Waals surface area contributed by atoms with Gasteiger partial charge in [-0.3, -0.25) is 14.4 Å². The second-order valence-electron chi connectivity index (χ2n) is 7.31. The molecule has 0 aliphatic heterocycles. The lowest BCUT2D eigenvalue weighted by Gasteiger charge is -2.15. The van der Waals surface area contributed by atoms with Gasteiger partial charge in [0, 0.05) is 13.0 Å². The van der Waals surface area contributed by atoms with Crippen molar-refractivity contribution in [3.63, 3.8) is 0 Å². The fourth-order valence-corrected chi connectivity index (χ4v) is 3.41. The molecular formula is C22H27N3O4. The van der Waals surface area contributed by atoms with Gasteiger partial charge in [0.25, 0.3) is 11.5 Å². The second kappa shape index (κ2) is 10.0. The third kappa shape index (κ3) is 6.01. The minimum atomic E-state index is -0.855. The average Bonchev–Trinajstić information content (AvgIpc) is 2.73. The number of aromatic nitrogens is 2.